The van der Waals surface area contributed by atoms with Gasteiger partial charge in [0.2, 0.25) is 0 Å². The van der Waals surface area contributed by atoms with E-state index in [2.05, 4.69) is 16.7 Å². The molecule has 1 unspecified atom stereocenters. The number of carbonyl (C=O) groups excluding carboxylic acids is 1. The number of nitriles is 1. The van der Waals surface area contributed by atoms with Gasteiger partial charge in [-0.05, 0) is 31.2 Å². The monoisotopic (exact) mass is 512 g/mol. The highest BCUT2D eigenvalue weighted by Crippen LogP contribution is 2.33. The van der Waals surface area contributed by atoms with Crippen molar-refractivity contribution in [3.05, 3.63) is 58.4 Å². The molecule has 2 heterocycles. The van der Waals surface area contributed by atoms with Gasteiger partial charge in [0.1, 0.15) is 17.5 Å². The zero-order valence-corrected chi connectivity index (χ0v) is 20.4. The lowest BCUT2D eigenvalue weighted by molar-refractivity contribution is -0.384. The first-order valence-electron chi connectivity index (χ1n) is 11.4. The Morgan fingerprint density at radius 3 is 2.72 bits per heavy atom. The average Bonchev–Trinajstić information content (AvgIpc) is 3.24. The van der Waals surface area contributed by atoms with Gasteiger partial charge >= 0.3 is 6.09 Å². The Morgan fingerprint density at radius 1 is 1.33 bits per heavy atom. The van der Waals surface area contributed by atoms with Crippen LogP contribution in [0.3, 0.4) is 0 Å². The average molecular weight is 513 g/mol. The molecule has 10 nitrogen and oxygen atoms in total. The lowest BCUT2D eigenvalue weighted by Gasteiger charge is -2.39. The van der Waals surface area contributed by atoms with Crippen LogP contribution in [0.1, 0.15) is 19.8 Å². The molecule has 2 N–H and O–H groups in total. The molecule has 12 heteroatoms. The van der Waals surface area contributed by atoms with Crippen molar-refractivity contribution in [1.29, 1.82) is 5.26 Å². The molecular weight excluding hydrogens is 487 g/mol. The Kier molecular flexibility index (Phi) is 7.21. The van der Waals surface area contributed by atoms with Crippen LogP contribution in [0, 0.1) is 27.3 Å². The molecule has 0 bridgehead atoms. The topological polar surface area (TPSA) is 124 Å². The van der Waals surface area contributed by atoms with E-state index in [9.17, 15) is 20.2 Å². The minimum absolute atomic E-state index is 0.0639. The van der Waals surface area contributed by atoms with Crippen molar-refractivity contribution in [2.75, 3.05) is 41.3 Å². The van der Waals surface area contributed by atoms with Gasteiger partial charge < -0.3 is 20.3 Å². The summed E-state index contributed by atoms with van der Waals surface area (Å²) in [5, 5.41) is 27.0. The normalized spacial score (nSPS) is 18.8. The number of ether oxygens (including phenoxy) is 1. The second-order valence-corrected chi connectivity index (χ2v) is 9.41. The van der Waals surface area contributed by atoms with Crippen molar-refractivity contribution in [1.82, 2.24) is 5.32 Å². The van der Waals surface area contributed by atoms with Crippen LogP contribution in [0.25, 0.3) is 0 Å². The molecule has 0 aromatic heterocycles. The number of piperidine rings is 1. The van der Waals surface area contributed by atoms with Crippen LogP contribution in [0.4, 0.5) is 31.9 Å². The minimum Gasteiger partial charge on any atom is -0.442 e. The number of rotatable bonds is 7. The number of halogens is 1. The van der Waals surface area contributed by atoms with E-state index in [0.29, 0.717) is 54.5 Å². The molecule has 0 aliphatic carbocycles. The molecule has 36 heavy (non-hydrogen) atoms. The summed E-state index contributed by atoms with van der Waals surface area (Å²) in [5.74, 6) is -0.479. The molecule has 188 valence electrons. The Morgan fingerprint density at radius 2 is 2.08 bits per heavy atom. The van der Waals surface area contributed by atoms with Crippen molar-refractivity contribution in [3.63, 3.8) is 0 Å². The van der Waals surface area contributed by atoms with Gasteiger partial charge in [0.25, 0.3) is 5.69 Å². The zero-order chi connectivity index (χ0) is 25.9. The summed E-state index contributed by atoms with van der Waals surface area (Å²) in [6.07, 6.45) is -0.155. The number of benzene rings is 2. The Hall–Kier alpha value is -3.98. The summed E-state index contributed by atoms with van der Waals surface area (Å²) < 4.78 is 20.4. The van der Waals surface area contributed by atoms with Gasteiger partial charge in [-0.2, -0.15) is 5.26 Å². The largest absolute Gasteiger partial charge is 0.442 e. The molecule has 0 radical (unpaired) electrons. The summed E-state index contributed by atoms with van der Waals surface area (Å²) in [6, 6.07) is 12.9. The molecular formula is C24H25FN6O4S. The van der Waals surface area contributed by atoms with Crippen LogP contribution in [-0.2, 0) is 4.74 Å². The summed E-state index contributed by atoms with van der Waals surface area (Å²) in [7, 11) is 0. The minimum atomic E-state index is -0.925. The van der Waals surface area contributed by atoms with Crippen molar-refractivity contribution in [2.45, 2.75) is 31.4 Å². The van der Waals surface area contributed by atoms with Gasteiger partial charge in [0.05, 0.1) is 40.4 Å². The summed E-state index contributed by atoms with van der Waals surface area (Å²) in [4.78, 5) is 26.7. The number of non-ortho nitro benzene ring substituents is 1. The van der Waals surface area contributed by atoms with E-state index in [-0.39, 0.29) is 12.2 Å². The van der Waals surface area contributed by atoms with Gasteiger partial charge in [0.15, 0.2) is 0 Å². The lowest BCUT2D eigenvalue weighted by atomic mass is 9.88. The first-order chi connectivity index (χ1) is 17.2. The molecule has 2 aliphatic rings. The number of thiocarbonyl (C=S) groups is 1. The van der Waals surface area contributed by atoms with Crippen LogP contribution in [0.2, 0.25) is 0 Å². The van der Waals surface area contributed by atoms with Crippen molar-refractivity contribution >= 4 is 46.0 Å². The van der Waals surface area contributed by atoms with Gasteiger partial charge in [-0.15, -0.1) is 0 Å². The zero-order valence-electron chi connectivity index (χ0n) is 19.6. The number of nitrogens with one attached hydrogen (secondary N) is 2. The predicted molar refractivity (Wildman–Crippen MR) is 137 cm³/mol. The number of carbonyl (C=O) groups is 1. The Balaban J connectivity index is 1.41. The fourth-order valence-corrected chi connectivity index (χ4v) is 4.47. The van der Waals surface area contributed by atoms with E-state index < -0.39 is 28.5 Å². The molecule has 1 atom stereocenters. The highest BCUT2D eigenvalue weighted by molar-refractivity contribution is 7.80. The highest BCUT2D eigenvalue weighted by Gasteiger charge is 2.36. The fourth-order valence-electron chi connectivity index (χ4n) is 4.38. The molecule has 2 fully saturated rings. The summed E-state index contributed by atoms with van der Waals surface area (Å²) >= 11 is 4.98. The third kappa shape index (κ3) is 5.46. The third-order valence-corrected chi connectivity index (χ3v) is 6.45. The number of anilines is 3. The molecule has 0 saturated carbocycles. The third-order valence-electron chi connectivity index (χ3n) is 6.31. The van der Waals surface area contributed by atoms with Crippen molar-refractivity contribution < 1.29 is 18.8 Å². The summed E-state index contributed by atoms with van der Waals surface area (Å²) in [5.41, 5.74) is 0.277. The van der Waals surface area contributed by atoms with Crippen LogP contribution >= 0.6 is 12.2 Å². The first kappa shape index (κ1) is 25.1. The standard InChI is InChI=1S/C24H25FN6O4S/c1-16(36)27-13-20-14-30(23(32)35-20)18-5-6-22(21(25)12-18)29-9-7-24(15-26,8-10-29)28-17-3-2-4-19(11-17)31(33)34/h2-6,11-12,20,28H,7-10,13-14H2,1H3,(H,27,36). The molecule has 0 spiro atoms. The van der Waals surface area contributed by atoms with Gasteiger partial charge in [-0.25, -0.2) is 9.18 Å². The molecule has 2 aromatic carbocycles. The SMILES string of the molecule is CC(=S)NCC1CN(c2ccc(N3CCC(C#N)(Nc4cccc([N+](=O)[O-])c4)CC3)c(F)c2)C(=O)O1. The number of amides is 1. The fraction of sp³-hybridized carbons (Fsp3) is 0.375. The first-order valence-corrected chi connectivity index (χ1v) is 11.8. The van der Waals surface area contributed by atoms with Crippen molar-refractivity contribution in [2.24, 2.45) is 0 Å². The molecule has 2 aromatic rings. The van der Waals surface area contributed by atoms with E-state index in [0.717, 1.165) is 0 Å². The number of hydrogen-bond acceptors (Lipinski definition) is 8. The Labute approximate surface area is 212 Å². The van der Waals surface area contributed by atoms with Crippen molar-refractivity contribution in [3.8, 4) is 6.07 Å². The molecule has 4 rings (SSSR count). The van der Waals surface area contributed by atoms with Crippen LogP contribution in [-0.4, -0.2) is 53.8 Å². The number of hydrogen-bond donors (Lipinski definition) is 2. The van der Waals surface area contributed by atoms with Crippen LogP contribution < -0.4 is 20.4 Å². The van der Waals surface area contributed by atoms with Gasteiger partial charge in [-0.3, -0.25) is 15.0 Å². The smallest absolute Gasteiger partial charge is 0.414 e. The van der Waals surface area contributed by atoms with E-state index in [4.69, 9.17) is 17.0 Å². The maximum absolute atomic E-state index is 15.1. The molecule has 2 aliphatic heterocycles. The van der Waals surface area contributed by atoms with Crippen LogP contribution in [0.5, 0.6) is 0 Å². The summed E-state index contributed by atoms with van der Waals surface area (Å²) in [6.45, 7) is 3.22. The Bertz CT molecular complexity index is 1230. The molecule has 1 amide bonds. The maximum atomic E-state index is 15.1. The highest BCUT2D eigenvalue weighted by atomic mass is 32.1. The quantitative estimate of drug-likeness (QED) is 0.322. The van der Waals surface area contributed by atoms with E-state index in [1.54, 1.807) is 31.2 Å². The predicted octanol–water partition coefficient (Wildman–Crippen LogP) is 3.97. The number of nitrogens with zero attached hydrogens (tertiary/aromatic N) is 4. The van der Waals surface area contributed by atoms with E-state index in [1.807, 2.05) is 4.90 Å². The van der Waals surface area contributed by atoms with Crippen LogP contribution in [0.15, 0.2) is 42.5 Å². The van der Waals surface area contributed by atoms with Gasteiger partial charge in [0, 0.05) is 43.8 Å². The number of cyclic esters (lactones) is 1. The van der Waals surface area contributed by atoms with E-state index in [1.165, 1.54) is 23.1 Å². The second kappa shape index (κ2) is 10.3. The molecule has 2 saturated heterocycles. The lowest BCUT2D eigenvalue weighted by Crippen LogP contribution is -2.48. The maximum Gasteiger partial charge on any atom is 0.414 e. The number of nitro benzene ring substituents is 1. The second-order valence-electron chi connectivity index (χ2n) is 8.80. The van der Waals surface area contributed by atoms with E-state index >= 15 is 4.39 Å². The number of nitro groups is 1. The van der Waals surface area contributed by atoms with Gasteiger partial charge in [-0.1, -0.05) is 18.3 Å².